The van der Waals surface area contributed by atoms with E-state index in [9.17, 15) is 9.59 Å². The number of aromatic carboxylic acids is 1. The van der Waals surface area contributed by atoms with Gasteiger partial charge >= 0.3 is 5.97 Å². The van der Waals surface area contributed by atoms with Crippen molar-refractivity contribution in [3.63, 3.8) is 0 Å². The van der Waals surface area contributed by atoms with Crippen LogP contribution in [0.5, 0.6) is 0 Å². The highest BCUT2D eigenvalue weighted by Crippen LogP contribution is 2.23. The number of benzene rings is 1. The molecule has 6 nitrogen and oxygen atoms in total. The quantitative estimate of drug-likeness (QED) is 0.907. The van der Waals surface area contributed by atoms with E-state index in [0.29, 0.717) is 5.92 Å². The molecule has 1 aromatic carbocycles. The van der Waals surface area contributed by atoms with Crippen LogP contribution >= 0.6 is 0 Å². The van der Waals surface area contributed by atoms with E-state index >= 15 is 0 Å². The molecule has 2 heterocycles. The number of carbonyl (C=O) groups excluding carboxylic acids is 1. The van der Waals surface area contributed by atoms with E-state index < -0.39 is 12.0 Å². The Hall–Kier alpha value is -2.63. The number of carboxylic acid groups (broad SMARTS) is 1. The zero-order valence-electron chi connectivity index (χ0n) is 14.3. The predicted octanol–water partition coefficient (Wildman–Crippen LogP) is 2.62. The molecule has 0 radical (unpaired) electrons. The molecule has 1 fully saturated rings. The van der Waals surface area contributed by atoms with Gasteiger partial charge in [0.15, 0.2) is 5.69 Å². The van der Waals surface area contributed by atoms with Crippen molar-refractivity contribution in [2.24, 2.45) is 5.92 Å². The molecule has 132 valence electrons. The van der Waals surface area contributed by atoms with Crippen molar-refractivity contribution in [3.05, 3.63) is 53.9 Å². The van der Waals surface area contributed by atoms with Crippen molar-refractivity contribution in [1.82, 2.24) is 14.7 Å². The molecule has 1 aromatic heterocycles. The van der Waals surface area contributed by atoms with Crippen LogP contribution in [0, 0.1) is 5.92 Å². The fourth-order valence-electron chi connectivity index (χ4n) is 3.35. The Labute approximate surface area is 147 Å². The molecular weight excluding hydrogens is 318 g/mol. The van der Waals surface area contributed by atoms with Gasteiger partial charge in [0, 0.05) is 19.3 Å². The molecule has 0 spiro atoms. The zero-order valence-corrected chi connectivity index (χ0v) is 14.3. The van der Waals surface area contributed by atoms with Crippen molar-refractivity contribution in [2.75, 3.05) is 13.1 Å². The van der Waals surface area contributed by atoms with E-state index in [1.165, 1.54) is 16.3 Å². The summed E-state index contributed by atoms with van der Waals surface area (Å²) in [5.41, 5.74) is 1.31. The highest BCUT2D eigenvalue weighted by atomic mass is 16.4. The maximum Gasteiger partial charge on any atom is 0.356 e. The number of hydrogen-bond donors (Lipinski definition) is 1. The Morgan fingerprint density at radius 2 is 1.88 bits per heavy atom. The van der Waals surface area contributed by atoms with E-state index in [0.717, 1.165) is 32.4 Å². The summed E-state index contributed by atoms with van der Waals surface area (Å²) in [6, 6.07) is 11.4. The molecule has 0 bridgehead atoms. The van der Waals surface area contributed by atoms with E-state index in [4.69, 9.17) is 5.11 Å². The van der Waals surface area contributed by atoms with Crippen LogP contribution in [-0.4, -0.2) is 44.8 Å². The molecule has 1 amide bonds. The largest absolute Gasteiger partial charge is 0.476 e. The first-order valence-electron chi connectivity index (χ1n) is 8.65. The number of likely N-dealkylation sites (tertiary alicyclic amines) is 1. The first-order valence-corrected chi connectivity index (χ1v) is 8.65. The summed E-state index contributed by atoms with van der Waals surface area (Å²) in [7, 11) is 0. The Morgan fingerprint density at radius 3 is 2.48 bits per heavy atom. The molecule has 1 aliphatic rings. The lowest BCUT2D eigenvalue weighted by Gasteiger charge is -2.33. The molecule has 0 saturated carbocycles. The molecule has 1 atom stereocenters. The van der Waals surface area contributed by atoms with Crippen LogP contribution in [0.2, 0.25) is 0 Å². The van der Waals surface area contributed by atoms with E-state index in [1.54, 1.807) is 13.1 Å². The number of rotatable bonds is 5. The van der Waals surface area contributed by atoms with Crippen LogP contribution in [0.15, 0.2) is 42.6 Å². The first kappa shape index (κ1) is 17.2. The average molecular weight is 341 g/mol. The fourth-order valence-corrected chi connectivity index (χ4v) is 3.35. The normalized spacial score (nSPS) is 16.6. The summed E-state index contributed by atoms with van der Waals surface area (Å²) < 4.78 is 1.43. The third-order valence-electron chi connectivity index (χ3n) is 4.88. The van der Waals surface area contributed by atoms with Crippen molar-refractivity contribution >= 4 is 11.9 Å². The molecular formula is C19H23N3O3. The van der Waals surface area contributed by atoms with Crippen molar-refractivity contribution in [3.8, 4) is 0 Å². The molecule has 0 aliphatic carbocycles. The second kappa shape index (κ2) is 7.51. The predicted molar refractivity (Wildman–Crippen MR) is 93.3 cm³/mol. The number of hydrogen-bond acceptors (Lipinski definition) is 3. The molecule has 1 saturated heterocycles. The van der Waals surface area contributed by atoms with Crippen molar-refractivity contribution in [1.29, 1.82) is 0 Å². The maximum atomic E-state index is 12.7. The Morgan fingerprint density at radius 1 is 1.20 bits per heavy atom. The van der Waals surface area contributed by atoms with Gasteiger partial charge in [-0.05, 0) is 43.7 Å². The van der Waals surface area contributed by atoms with Gasteiger partial charge < -0.3 is 10.0 Å². The molecule has 1 unspecified atom stereocenters. The minimum absolute atomic E-state index is 0.00167. The van der Waals surface area contributed by atoms with Crippen LogP contribution < -0.4 is 0 Å². The van der Waals surface area contributed by atoms with Crippen LogP contribution in [0.3, 0.4) is 0 Å². The molecule has 1 N–H and O–H groups in total. The lowest BCUT2D eigenvalue weighted by atomic mass is 9.90. The molecule has 3 rings (SSSR count). The lowest BCUT2D eigenvalue weighted by Crippen LogP contribution is -2.42. The number of carbonyl (C=O) groups is 2. The number of piperidine rings is 1. The van der Waals surface area contributed by atoms with E-state index in [1.807, 2.05) is 11.0 Å². The number of amides is 1. The monoisotopic (exact) mass is 341 g/mol. The smallest absolute Gasteiger partial charge is 0.356 e. The van der Waals surface area contributed by atoms with Gasteiger partial charge in [-0.2, -0.15) is 5.10 Å². The first-order chi connectivity index (χ1) is 12.0. The SMILES string of the molecule is CC(C(=O)N1CCC(Cc2ccccc2)CC1)n1ccc(C(=O)O)n1. The van der Waals surface area contributed by atoms with Gasteiger partial charge in [-0.25, -0.2) is 4.79 Å². The third kappa shape index (κ3) is 4.07. The third-order valence-corrected chi connectivity index (χ3v) is 4.88. The summed E-state index contributed by atoms with van der Waals surface area (Å²) in [6.45, 7) is 3.25. The fraction of sp³-hybridized carbons (Fsp3) is 0.421. The van der Waals surface area contributed by atoms with Gasteiger partial charge in [0.05, 0.1) is 0 Å². The standard InChI is InChI=1S/C19H23N3O3/c1-14(22-12-9-17(20-22)19(24)25)18(23)21-10-7-16(8-11-21)13-15-5-3-2-4-6-15/h2-6,9,12,14,16H,7-8,10-11,13H2,1H3,(H,24,25). The highest BCUT2D eigenvalue weighted by Gasteiger charge is 2.27. The van der Waals surface area contributed by atoms with Gasteiger partial charge in [0.2, 0.25) is 5.91 Å². The van der Waals surface area contributed by atoms with Crippen molar-refractivity contribution in [2.45, 2.75) is 32.2 Å². The summed E-state index contributed by atoms with van der Waals surface area (Å²) in [4.78, 5) is 25.5. The number of carboxylic acids is 1. The second-order valence-corrected chi connectivity index (χ2v) is 6.62. The van der Waals surface area contributed by atoms with Crippen molar-refractivity contribution < 1.29 is 14.7 Å². The summed E-state index contributed by atoms with van der Waals surface area (Å²) >= 11 is 0. The molecule has 6 heteroatoms. The van der Waals surface area contributed by atoms with Gasteiger partial charge in [0.1, 0.15) is 6.04 Å². The topological polar surface area (TPSA) is 75.4 Å². The van der Waals surface area contributed by atoms with Gasteiger partial charge in [-0.3, -0.25) is 9.48 Å². The summed E-state index contributed by atoms with van der Waals surface area (Å²) in [5.74, 6) is -0.483. The summed E-state index contributed by atoms with van der Waals surface area (Å²) in [5, 5.41) is 12.9. The Balaban J connectivity index is 1.54. The van der Waals surface area contributed by atoms with Gasteiger partial charge in [0.25, 0.3) is 0 Å². The van der Waals surface area contributed by atoms with Crippen LogP contribution in [0.1, 0.15) is 41.9 Å². The number of nitrogens with zero attached hydrogens (tertiary/aromatic N) is 3. The van der Waals surface area contributed by atoms with Gasteiger partial charge in [-0.1, -0.05) is 30.3 Å². The molecule has 25 heavy (non-hydrogen) atoms. The Kier molecular flexibility index (Phi) is 5.16. The average Bonchev–Trinajstić information content (AvgIpc) is 3.12. The maximum absolute atomic E-state index is 12.7. The molecule has 2 aromatic rings. The number of aromatic nitrogens is 2. The minimum atomic E-state index is -1.08. The van der Waals surface area contributed by atoms with E-state index in [2.05, 4.69) is 29.4 Å². The van der Waals surface area contributed by atoms with Crippen LogP contribution in [-0.2, 0) is 11.2 Å². The lowest BCUT2D eigenvalue weighted by molar-refractivity contribution is -0.136. The van der Waals surface area contributed by atoms with E-state index in [-0.39, 0.29) is 11.6 Å². The second-order valence-electron chi connectivity index (χ2n) is 6.62. The summed E-state index contributed by atoms with van der Waals surface area (Å²) in [6.07, 6.45) is 4.59. The minimum Gasteiger partial charge on any atom is -0.476 e. The van der Waals surface area contributed by atoms with Crippen LogP contribution in [0.4, 0.5) is 0 Å². The Bertz CT molecular complexity index is 733. The molecule has 1 aliphatic heterocycles. The van der Waals surface area contributed by atoms with Crippen LogP contribution in [0.25, 0.3) is 0 Å². The van der Waals surface area contributed by atoms with Gasteiger partial charge in [-0.15, -0.1) is 0 Å². The zero-order chi connectivity index (χ0) is 17.8. The highest BCUT2D eigenvalue weighted by molar-refractivity contribution is 5.85.